The minimum absolute atomic E-state index is 0.164. The molecule has 9 heteroatoms. The molecule has 2 aromatic carbocycles. The Morgan fingerprint density at radius 2 is 1.90 bits per heavy atom. The van der Waals surface area contributed by atoms with Crippen molar-refractivity contribution < 1.29 is 17.9 Å². The molecule has 0 aliphatic rings. The number of halogens is 1. The Labute approximate surface area is 182 Å². The maximum absolute atomic E-state index is 12.6. The van der Waals surface area contributed by atoms with Crippen LogP contribution in [-0.4, -0.2) is 28.0 Å². The van der Waals surface area contributed by atoms with Gasteiger partial charge in [-0.15, -0.1) is 11.3 Å². The number of aryl methyl sites for hydroxylation is 1. The summed E-state index contributed by atoms with van der Waals surface area (Å²) in [5.41, 5.74) is 2.25. The van der Waals surface area contributed by atoms with Crippen LogP contribution in [0.25, 0.3) is 0 Å². The number of benzene rings is 2. The van der Waals surface area contributed by atoms with Crippen molar-refractivity contribution in [2.24, 2.45) is 0 Å². The van der Waals surface area contributed by atoms with Gasteiger partial charge in [-0.2, -0.15) is 0 Å². The second kappa shape index (κ2) is 8.98. The van der Waals surface area contributed by atoms with Gasteiger partial charge in [0.15, 0.2) is 6.61 Å². The van der Waals surface area contributed by atoms with Gasteiger partial charge in [0.05, 0.1) is 11.4 Å². The molecule has 0 bridgehead atoms. The van der Waals surface area contributed by atoms with Gasteiger partial charge < -0.3 is 10.1 Å². The molecule has 152 valence electrons. The third kappa shape index (κ3) is 5.17. The molecule has 29 heavy (non-hydrogen) atoms. The fraction of sp³-hybridized carbons (Fsp3) is 0.150. The van der Waals surface area contributed by atoms with Gasteiger partial charge in [-0.1, -0.05) is 12.1 Å². The minimum atomic E-state index is -3.59. The topological polar surface area (TPSA) is 75.7 Å². The predicted octanol–water partition coefficient (Wildman–Crippen LogP) is 4.66. The highest BCUT2D eigenvalue weighted by atomic mass is 79.9. The molecule has 0 fully saturated rings. The Balaban J connectivity index is 1.60. The number of ether oxygens (including phenoxy) is 1. The summed E-state index contributed by atoms with van der Waals surface area (Å²) in [6.07, 6.45) is 0. The lowest BCUT2D eigenvalue weighted by Crippen LogP contribution is -2.25. The molecule has 0 saturated heterocycles. The molecule has 6 nitrogen and oxygen atoms in total. The monoisotopic (exact) mass is 494 g/mol. The molecule has 1 heterocycles. The lowest BCUT2D eigenvalue weighted by Gasteiger charge is -2.18. The standard InChI is InChI=1S/C20H19BrN2O4S2/c1-14-5-10-18(17(21)12-14)22-19(24)13-27-16-8-6-15(7-9-16)23(2)29(25,26)20-4-3-11-28-20/h3-12H,13H2,1-2H3,(H,22,24). The van der Waals surface area contributed by atoms with Crippen molar-refractivity contribution in [2.45, 2.75) is 11.1 Å². The Morgan fingerprint density at radius 3 is 2.52 bits per heavy atom. The van der Waals surface area contributed by atoms with Crippen molar-refractivity contribution >= 4 is 54.6 Å². The van der Waals surface area contributed by atoms with E-state index >= 15 is 0 Å². The number of amides is 1. The Kier molecular flexibility index (Phi) is 6.61. The highest BCUT2D eigenvalue weighted by Crippen LogP contribution is 2.27. The molecule has 0 saturated carbocycles. The first-order valence-corrected chi connectivity index (χ1v) is 11.7. The summed E-state index contributed by atoms with van der Waals surface area (Å²) >= 11 is 4.58. The van der Waals surface area contributed by atoms with E-state index in [1.807, 2.05) is 25.1 Å². The van der Waals surface area contributed by atoms with E-state index in [1.165, 1.54) is 22.7 Å². The van der Waals surface area contributed by atoms with Crippen LogP contribution in [0.4, 0.5) is 11.4 Å². The minimum Gasteiger partial charge on any atom is -0.484 e. The largest absolute Gasteiger partial charge is 0.484 e. The van der Waals surface area contributed by atoms with Crippen molar-refractivity contribution in [3.63, 3.8) is 0 Å². The van der Waals surface area contributed by atoms with Crippen LogP contribution in [0.2, 0.25) is 0 Å². The van der Waals surface area contributed by atoms with E-state index in [0.29, 0.717) is 17.1 Å². The quantitative estimate of drug-likeness (QED) is 0.518. The van der Waals surface area contributed by atoms with Gasteiger partial charge in [0.2, 0.25) is 0 Å². The fourth-order valence-corrected chi connectivity index (χ4v) is 5.44. The van der Waals surface area contributed by atoms with Crippen LogP contribution in [0.1, 0.15) is 5.56 Å². The van der Waals surface area contributed by atoms with Crippen LogP contribution >= 0.6 is 27.3 Å². The SMILES string of the molecule is Cc1ccc(NC(=O)COc2ccc(N(C)S(=O)(=O)c3cccs3)cc2)c(Br)c1. The smallest absolute Gasteiger partial charge is 0.273 e. The first kappa shape index (κ1) is 21.4. The molecule has 1 amide bonds. The number of carbonyl (C=O) groups excluding carboxylic acids is 1. The van der Waals surface area contributed by atoms with E-state index < -0.39 is 10.0 Å². The molecule has 1 aromatic heterocycles. The highest BCUT2D eigenvalue weighted by Gasteiger charge is 2.22. The molecule has 0 atom stereocenters. The summed E-state index contributed by atoms with van der Waals surface area (Å²) in [5.74, 6) is 0.171. The zero-order valence-corrected chi connectivity index (χ0v) is 19.0. The van der Waals surface area contributed by atoms with Gasteiger partial charge in [-0.05, 0) is 76.3 Å². The average molecular weight is 495 g/mol. The molecule has 0 spiro atoms. The molecular weight excluding hydrogens is 476 g/mol. The summed E-state index contributed by atoms with van der Waals surface area (Å²) in [6.45, 7) is 1.80. The van der Waals surface area contributed by atoms with Crippen molar-refractivity contribution in [3.8, 4) is 5.75 Å². The van der Waals surface area contributed by atoms with Gasteiger partial charge >= 0.3 is 0 Å². The van der Waals surface area contributed by atoms with E-state index in [4.69, 9.17) is 4.74 Å². The van der Waals surface area contributed by atoms with Crippen LogP contribution in [0.15, 0.2) is 68.7 Å². The number of anilines is 2. The van der Waals surface area contributed by atoms with Gasteiger partial charge in [0, 0.05) is 11.5 Å². The third-order valence-corrected chi connectivity index (χ3v) is 7.89. The molecule has 0 aliphatic heterocycles. The van der Waals surface area contributed by atoms with E-state index in [0.717, 1.165) is 10.0 Å². The number of hydrogen-bond acceptors (Lipinski definition) is 5. The summed E-state index contributed by atoms with van der Waals surface area (Å²) in [5, 5.41) is 4.50. The first-order chi connectivity index (χ1) is 13.8. The Bertz CT molecular complexity index is 1100. The van der Waals surface area contributed by atoms with Crippen LogP contribution in [0.3, 0.4) is 0 Å². The molecular formula is C20H19BrN2O4S2. The number of nitrogens with zero attached hydrogens (tertiary/aromatic N) is 1. The number of thiophene rings is 1. The van der Waals surface area contributed by atoms with E-state index in [2.05, 4.69) is 21.2 Å². The second-order valence-electron chi connectivity index (χ2n) is 6.22. The molecule has 0 aliphatic carbocycles. The van der Waals surface area contributed by atoms with Crippen LogP contribution in [0, 0.1) is 6.92 Å². The zero-order chi connectivity index (χ0) is 21.0. The summed E-state index contributed by atoms with van der Waals surface area (Å²) in [4.78, 5) is 12.1. The Hall–Kier alpha value is -2.36. The van der Waals surface area contributed by atoms with E-state index in [-0.39, 0.29) is 16.7 Å². The number of rotatable bonds is 7. The van der Waals surface area contributed by atoms with Crippen LogP contribution in [0.5, 0.6) is 5.75 Å². The van der Waals surface area contributed by atoms with Crippen LogP contribution < -0.4 is 14.4 Å². The average Bonchev–Trinajstić information content (AvgIpc) is 3.24. The number of hydrogen-bond donors (Lipinski definition) is 1. The maximum atomic E-state index is 12.6. The first-order valence-electron chi connectivity index (χ1n) is 8.58. The molecule has 0 radical (unpaired) electrons. The second-order valence-corrected chi connectivity index (χ2v) is 10.2. The van der Waals surface area contributed by atoms with E-state index in [1.54, 1.807) is 41.8 Å². The molecule has 0 unspecified atom stereocenters. The van der Waals surface area contributed by atoms with Gasteiger partial charge in [0.1, 0.15) is 9.96 Å². The van der Waals surface area contributed by atoms with Crippen molar-refractivity contribution in [1.82, 2.24) is 0 Å². The number of carbonyl (C=O) groups is 1. The molecule has 3 rings (SSSR count). The lowest BCUT2D eigenvalue weighted by molar-refractivity contribution is -0.118. The normalized spacial score (nSPS) is 11.1. The van der Waals surface area contributed by atoms with Gasteiger partial charge in [0.25, 0.3) is 15.9 Å². The molecule has 3 aromatic rings. The molecule has 1 N–H and O–H groups in total. The summed E-state index contributed by atoms with van der Waals surface area (Å²) in [7, 11) is -2.09. The van der Waals surface area contributed by atoms with Crippen molar-refractivity contribution in [1.29, 1.82) is 0 Å². The lowest BCUT2D eigenvalue weighted by atomic mass is 10.2. The van der Waals surface area contributed by atoms with Crippen LogP contribution in [-0.2, 0) is 14.8 Å². The number of nitrogens with one attached hydrogen (secondary N) is 1. The fourth-order valence-electron chi connectivity index (χ4n) is 2.49. The van der Waals surface area contributed by atoms with Crippen molar-refractivity contribution in [3.05, 3.63) is 70.0 Å². The van der Waals surface area contributed by atoms with Crippen molar-refractivity contribution in [2.75, 3.05) is 23.3 Å². The third-order valence-electron chi connectivity index (χ3n) is 4.08. The highest BCUT2D eigenvalue weighted by molar-refractivity contribution is 9.10. The number of sulfonamides is 1. The summed E-state index contributed by atoms with van der Waals surface area (Å²) in [6, 6.07) is 15.4. The zero-order valence-electron chi connectivity index (χ0n) is 15.8. The van der Waals surface area contributed by atoms with E-state index in [9.17, 15) is 13.2 Å². The Morgan fingerprint density at radius 1 is 1.17 bits per heavy atom. The van der Waals surface area contributed by atoms with Gasteiger partial charge in [-0.25, -0.2) is 8.42 Å². The van der Waals surface area contributed by atoms with Gasteiger partial charge in [-0.3, -0.25) is 9.10 Å². The summed E-state index contributed by atoms with van der Waals surface area (Å²) < 4.78 is 32.9. The maximum Gasteiger partial charge on any atom is 0.273 e. The predicted molar refractivity (Wildman–Crippen MR) is 119 cm³/mol.